The van der Waals surface area contributed by atoms with Gasteiger partial charge >= 0.3 is 5.69 Å². The summed E-state index contributed by atoms with van der Waals surface area (Å²) in [6.07, 6.45) is 0. The predicted molar refractivity (Wildman–Crippen MR) is 79.2 cm³/mol. The van der Waals surface area contributed by atoms with E-state index in [0.717, 1.165) is 0 Å². The summed E-state index contributed by atoms with van der Waals surface area (Å²) in [5.74, 6) is 0.585. The van der Waals surface area contributed by atoms with Crippen molar-refractivity contribution in [1.82, 2.24) is 0 Å². The van der Waals surface area contributed by atoms with Crippen LogP contribution in [0.3, 0.4) is 0 Å². The number of ether oxygens (including phenoxy) is 1. The minimum absolute atomic E-state index is 0.0769. The van der Waals surface area contributed by atoms with E-state index >= 15 is 0 Å². The van der Waals surface area contributed by atoms with Gasteiger partial charge in [0.25, 0.3) is 0 Å². The zero-order valence-corrected chi connectivity index (χ0v) is 12.2. The van der Waals surface area contributed by atoms with Crippen molar-refractivity contribution in [3.63, 3.8) is 0 Å². The highest BCUT2D eigenvalue weighted by molar-refractivity contribution is 6.32. The summed E-state index contributed by atoms with van der Waals surface area (Å²) in [7, 11) is 0. The lowest BCUT2D eigenvalue weighted by atomic mass is 10.2. The van der Waals surface area contributed by atoms with E-state index in [4.69, 9.17) is 39.5 Å². The van der Waals surface area contributed by atoms with E-state index < -0.39 is 4.92 Å². The van der Waals surface area contributed by atoms with Crippen LogP contribution in [0.5, 0.6) is 11.5 Å². The molecule has 4 nitrogen and oxygen atoms in total. The molecule has 0 aliphatic heterocycles. The standard InChI is InChI=1S/C13H8Cl3NO3/c14-7-9-10(16)2-1-3-12(9)20-13-5-4-8(15)6-11(13)17(18)19/h1-6H,7H2. The molecular weight excluding hydrogens is 325 g/mol. The average molecular weight is 333 g/mol. The van der Waals surface area contributed by atoms with Crippen LogP contribution in [0, 0.1) is 10.1 Å². The van der Waals surface area contributed by atoms with E-state index in [2.05, 4.69) is 0 Å². The molecule has 0 saturated carbocycles. The first-order valence-electron chi connectivity index (χ1n) is 5.48. The van der Waals surface area contributed by atoms with E-state index in [1.165, 1.54) is 18.2 Å². The van der Waals surface area contributed by atoms with Crippen molar-refractivity contribution in [2.45, 2.75) is 5.88 Å². The van der Waals surface area contributed by atoms with Gasteiger partial charge in [-0.3, -0.25) is 10.1 Å². The number of benzene rings is 2. The largest absolute Gasteiger partial charge is 0.450 e. The van der Waals surface area contributed by atoms with Gasteiger partial charge in [-0.1, -0.05) is 29.3 Å². The Balaban J connectivity index is 2.45. The average Bonchev–Trinajstić information content (AvgIpc) is 2.41. The van der Waals surface area contributed by atoms with Crippen LogP contribution in [-0.2, 0) is 5.88 Å². The van der Waals surface area contributed by atoms with Gasteiger partial charge in [-0.25, -0.2) is 0 Å². The molecule has 0 N–H and O–H groups in total. The summed E-state index contributed by atoms with van der Waals surface area (Å²) in [6.45, 7) is 0. The highest BCUT2D eigenvalue weighted by Crippen LogP contribution is 2.37. The number of nitro benzene ring substituents is 1. The van der Waals surface area contributed by atoms with Gasteiger partial charge < -0.3 is 4.74 Å². The topological polar surface area (TPSA) is 52.4 Å². The van der Waals surface area contributed by atoms with Gasteiger partial charge in [0.05, 0.1) is 10.8 Å². The number of nitrogens with zero attached hydrogens (tertiary/aromatic N) is 1. The third-order valence-electron chi connectivity index (χ3n) is 2.55. The second kappa shape index (κ2) is 6.31. The summed E-state index contributed by atoms with van der Waals surface area (Å²) in [5.41, 5.74) is 0.345. The van der Waals surface area contributed by atoms with E-state index in [0.29, 0.717) is 16.3 Å². The Bertz CT molecular complexity index is 661. The van der Waals surface area contributed by atoms with Crippen LogP contribution in [0.1, 0.15) is 5.56 Å². The van der Waals surface area contributed by atoms with Crippen molar-refractivity contribution in [2.75, 3.05) is 0 Å². The quantitative estimate of drug-likeness (QED) is 0.426. The molecule has 0 unspecified atom stereocenters. The molecule has 0 aliphatic rings. The normalized spacial score (nSPS) is 10.3. The summed E-state index contributed by atoms with van der Waals surface area (Å²) in [4.78, 5) is 10.4. The van der Waals surface area contributed by atoms with E-state index in [9.17, 15) is 10.1 Å². The number of alkyl halides is 1. The number of hydrogen-bond donors (Lipinski definition) is 0. The highest BCUT2D eigenvalue weighted by atomic mass is 35.5. The second-order valence-electron chi connectivity index (χ2n) is 3.82. The number of rotatable bonds is 4. The number of hydrogen-bond acceptors (Lipinski definition) is 3. The Morgan fingerprint density at radius 1 is 1.15 bits per heavy atom. The third kappa shape index (κ3) is 3.15. The molecule has 0 heterocycles. The van der Waals surface area contributed by atoms with Gasteiger partial charge in [-0.05, 0) is 24.3 Å². The summed E-state index contributed by atoms with van der Waals surface area (Å²) < 4.78 is 5.56. The Morgan fingerprint density at radius 3 is 2.55 bits per heavy atom. The van der Waals surface area contributed by atoms with E-state index in [1.807, 2.05) is 0 Å². The first kappa shape index (κ1) is 14.9. The van der Waals surface area contributed by atoms with Crippen LogP contribution in [0.4, 0.5) is 5.69 Å². The molecular formula is C13H8Cl3NO3. The SMILES string of the molecule is O=[N+]([O-])c1cc(Cl)ccc1Oc1cccc(Cl)c1CCl. The first-order valence-corrected chi connectivity index (χ1v) is 6.77. The number of halogens is 3. The van der Waals surface area contributed by atoms with Crippen molar-refractivity contribution in [3.8, 4) is 11.5 Å². The molecule has 7 heteroatoms. The van der Waals surface area contributed by atoms with Gasteiger partial charge in [0.1, 0.15) is 5.75 Å². The lowest BCUT2D eigenvalue weighted by molar-refractivity contribution is -0.385. The molecule has 2 aromatic rings. The van der Waals surface area contributed by atoms with Crippen LogP contribution in [0.25, 0.3) is 0 Å². The summed E-state index contributed by atoms with van der Waals surface area (Å²) in [5, 5.41) is 11.7. The Labute approximate surface area is 130 Å². The van der Waals surface area contributed by atoms with Gasteiger partial charge in [0.15, 0.2) is 0 Å². The van der Waals surface area contributed by atoms with Crippen LogP contribution < -0.4 is 4.74 Å². The Kier molecular flexibility index (Phi) is 4.70. The lowest BCUT2D eigenvalue weighted by Crippen LogP contribution is -1.95. The molecule has 2 rings (SSSR count). The van der Waals surface area contributed by atoms with Crippen LogP contribution in [0.2, 0.25) is 10.0 Å². The highest BCUT2D eigenvalue weighted by Gasteiger charge is 2.18. The van der Waals surface area contributed by atoms with Crippen molar-refractivity contribution >= 4 is 40.5 Å². The summed E-state index contributed by atoms with van der Waals surface area (Å²) >= 11 is 17.6. The van der Waals surface area contributed by atoms with Crippen molar-refractivity contribution in [3.05, 3.63) is 62.1 Å². The zero-order valence-electron chi connectivity index (χ0n) is 9.98. The fraction of sp³-hybridized carbons (Fsp3) is 0.0769. The fourth-order valence-corrected chi connectivity index (χ4v) is 2.35. The maximum Gasteiger partial charge on any atom is 0.313 e. The maximum atomic E-state index is 11.0. The second-order valence-corrected chi connectivity index (χ2v) is 4.93. The fourth-order valence-electron chi connectivity index (χ4n) is 1.60. The third-order valence-corrected chi connectivity index (χ3v) is 3.40. The minimum Gasteiger partial charge on any atom is -0.450 e. The predicted octanol–water partition coefficient (Wildman–Crippen LogP) is 5.43. The number of nitro groups is 1. The summed E-state index contributed by atoms with van der Waals surface area (Å²) in [6, 6.07) is 9.15. The molecule has 0 radical (unpaired) electrons. The monoisotopic (exact) mass is 331 g/mol. The maximum absolute atomic E-state index is 11.0. The molecule has 0 bridgehead atoms. The Morgan fingerprint density at radius 2 is 1.90 bits per heavy atom. The van der Waals surface area contributed by atoms with Crippen LogP contribution in [0.15, 0.2) is 36.4 Å². The molecule has 0 amide bonds. The lowest BCUT2D eigenvalue weighted by Gasteiger charge is -2.11. The molecule has 0 fully saturated rings. The van der Waals surface area contributed by atoms with E-state index in [1.54, 1.807) is 18.2 Å². The molecule has 104 valence electrons. The zero-order chi connectivity index (χ0) is 14.7. The molecule has 20 heavy (non-hydrogen) atoms. The molecule has 0 saturated heterocycles. The van der Waals surface area contributed by atoms with E-state index in [-0.39, 0.29) is 22.3 Å². The Hall–Kier alpha value is -1.49. The molecule has 0 atom stereocenters. The van der Waals surface area contributed by atoms with Gasteiger partial charge in [-0.2, -0.15) is 0 Å². The molecule has 0 aliphatic carbocycles. The van der Waals surface area contributed by atoms with Crippen molar-refractivity contribution in [2.24, 2.45) is 0 Å². The van der Waals surface area contributed by atoms with Crippen LogP contribution >= 0.6 is 34.8 Å². The molecule has 0 spiro atoms. The molecule has 0 aromatic heterocycles. The van der Waals surface area contributed by atoms with Gasteiger partial charge in [-0.15, -0.1) is 11.6 Å². The smallest absolute Gasteiger partial charge is 0.313 e. The van der Waals surface area contributed by atoms with Gasteiger partial charge in [0, 0.05) is 21.7 Å². The minimum atomic E-state index is -0.563. The van der Waals surface area contributed by atoms with Crippen LogP contribution in [-0.4, -0.2) is 4.92 Å². The van der Waals surface area contributed by atoms with Crippen molar-refractivity contribution < 1.29 is 9.66 Å². The van der Waals surface area contributed by atoms with Gasteiger partial charge in [0.2, 0.25) is 5.75 Å². The molecule has 2 aromatic carbocycles. The first-order chi connectivity index (χ1) is 9.52. The van der Waals surface area contributed by atoms with Crippen molar-refractivity contribution in [1.29, 1.82) is 0 Å².